The first-order valence-electron chi connectivity index (χ1n) is 8.84. The molecule has 1 unspecified atom stereocenters. The molecule has 1 saturated carbocycles. The first-order valence-corrected chi connectivity index (χ1v) is 9.72. The molecule has 0 amide bonds. The lowest BCUT2D eigenvalue weighted by molar-refractivity contribution is 0.247. The van der Waals surface area contributed by atoms with E-state index in [1.807, 2.05) is 18.6 Å². The number of likely N-dealkylation sites (tertiary alicyclic amines) is 1. The van der Waals surface area contributed by atoms with E-state index in [1.54, 1.807) is 11.3 Å². The Morgan fingerprint density at radius 1 is 1.00 bits per heavy atom. The molecule has 1 saturated heterocycles. The van der Waals surface area contributed by atoms with Gasteiger partial charge in [-0.25, -0.2) is 15.0 Å². The molecule has 1 aliphatic heterocycles. The molecule has 2 fully saturated rings. The van der Waals surface area contributed by atoms with Gasteiger partial charge in [-0.15, -0.1) is 11.3 Å². The van der Waals surface area contributed by atoms with Crippen LogP contribution in [0, 0.1) is 0 Å². The van der Waals surface area contributed by atoms with E-state index in [-0.39, 0.29) is 0 Å². The fourth-order valence-corrected chi connectivity index (χ4v) is 4.75. The first kappa shape index (κ1) is 15.2. The van der Waals surface area contributed by atoms with Crippen molar-refractivity contribution in [2.45, 2.75) is 63.5 Å². The molecule has 0 bridgehead atoms. The molecular formula is C18H24N4S. The predicted molar refractivity (Wildman–Crippen MR) is 92.4 cm³/mol. The average molecular weight is 328 g/mol. The van der Waals surface area contributed by atoms with E-state index < -0.39 is 0 Å². The topological polar surface area (TPSA) is 41.9 Å². The van der Waals surface area contributed by atoms with E-state index in [0.717, 1.165) is 18.9 Å². The van der Waals surface area contributed by atoms with Crippen molar-refractivity contribution in [2.75, 3.05) is 6.54 Å². The van der Waals surface area contributed by atoms with Gasteiger partial charge in [0.25, 0.3) is 0 Å². The van der Waals surface area contributed by atoms with Crippen LogP contribution in [-0.2, 0) is 6.54 Å². The maximum atomic E-state index is 4.68. The van der Waals surface area contributed by atoms with Crippen molar-refractivity contribution in [3.05, 3.63) is 40.4 Å². The molecule has 0 N–H and O–H groups in total. The Kier molecular flexibility index (Phi) is 4.67. The number of hydrogen-bond donors (Lipinski definition) is 0. The second-order valence-electron chi connectivity index (χ2n) is 6.78. The molecule has 122 valence electrons. The molecule has 4 rings (SSSR count). The van der Waals surface area contributed by atoms with E-state index in [1.165, 1.54) is 55.5 Å². The van der Waals surface area contributed by atoms with E-state index >= 15 is 0 Å². The van der Waals surface area contributed by atoms with Gasteiger partial charge in [0, 0.05) is 42.0 Å². The normalized spacial score (nSPS) is 23.4. The summed E-state index contributed by atoms with van der Waals surface area (Å²) >= 11 is 1.77. The van der Waals surface area contributed by atoms with Crippen LogP contribution in [0.3, 0.4) is 0 Å². The van der Waals surface area contributed by atoms with Gasteiger partial charge in [0.2, 0.25) is 0 Å². The third-order valence-electron chi connectivity index (χ3n) is 5.18. The minimum absolute atomic E-state index is 0.480. The molecular weight excluding hydrogens is 304 g/mol. The van der Waals surface area contributed by atoms with Crippen LogP contribution >= 0.6 is 11.3 Å². The third-order valence-corrected chi connectivity index (χ3v) is 6.06. The second kappa shape index (κ2) is 7.05. The van der Waals surface area contributed by atoms with E-state index in [9.17, 15) is 0 Å². The Morgan fingerprint density at radius 2 is 1.83 bits per heavy atom. The van der Waals surface area contributed by atoms with Crippen LogP contribution in [0.15, 0.2) is 24.0 Å². The number of thiazole rings is 1. The molecule has 1 aliphatic carbocycles. The molecule has 0 radical (unpaired) electrons. The van der Waals surface area contributed by atoms with E-state index in [4.69, 9.17) is 0 Å². The van der Waals surface area contributed by atoms with Crippen molar-refractivity contribution in [3.63, 3.8) is 0 Å². The van der Waals surface area contributed by atoms with Gasteiger partial charge < -0.3 is 0 Å². The molecule has 4 nitrogen and oxygen atoms in total. The molecule has 5 heteroatoms. The fourth-order valence-electron chi connectivity index (χ4n) is 3.95. The Labute approximate surface area is 142 Å². The van der Waals surface area contributed by atoms with Gasteiger partial charge in [0.15, 0.2) is 0 Å². The number of aromatic nitrogens is 3. The Bertz CT molecular complexity index is 604. The highest BCUT2D eigenvalue weighted by Gasteiger charge is 2.28. The van der Waals surface area contributed by atoms with Crippen LogP contribution < -0.4 is 0 Å². The largest absolute Gasteiger partial charge is 0.290 e. The van der Waals surface area contributed by atoms with Crippen LogP contribution in [-0.4, -0.2) is 26.4 Å². The molecule has 3 heterocycles. The highest BCUT2D eigenvalue weighted by molar-refractivity contribution is 7.09. The zero-order chi connectivity index (χ0) is 15.5. The zero-order valence-electron chi connectivity index (χ0n) is 13.5. The van der Waals surface area contributed by atoms with Crippen LogP contribution in [0.1, 0.15) is 73.3 Å². The second-order valence-corrected chi connectivity index (χ2v) is 7.71. The van der Waals surface area contributed by atoms with Crippen LogP contribution in [0.5, 0.6) is 0 Å². The summed E-state index contributed by atoms with van der Waals surface area (Å²) in [6.07, 6.45) is 15.1. The summed E-state index contributed by atoms with van der Waals surface area (Å²) in [4.78, 5) is 16.4. The van der Waals surface area contributed by atoms with Crippen LogP contribution in [0.25, 0.3) is 0 Å². The summed E-state index contributed by atoms with van der Waals surface area (Å²) in [6, 6.07) is 0.480. The fraction of sp³-hybridized carbons (Fsp3) is 0.611. The summed E-state index contributed by atoms with van der Waals surface area (Å²) in [5.41, 5.74) is 1.23. The van der Waals surface area contributed by atoms with Gasteiger partial charge in [-0.3, -0.25) is 4.90 Å². The van der Waals surface area contributed by atoms with Gasteiger partial charge in [0.1, 0.15) is 10.8 Å². The molecule has 0 spiro atoms. The smallest absolute Gasteiger partial charge is 0.131 e. The molecule has 1 atom stereocenters. The lowest BCUT2D eigenvalue weighted by Crippen LogP contribution is -2.23. The SMILES string of the molecule is c1csc(C2CCCN2Cc2cnc(C3CCCCC3)nc2)n1. The van der Waals surface area contributed by atoms with Gasteiger partial charge in [-0.05, 0) is 32.2 Å². The van der Waals surface area contributed by atoms with Gasteiger partial charge in [-0.2, -0.15) is 0 Å². The van der Waals surface area contributed by atoms with Crippen molar-refractivity contribution in [1.29, 1.82) is 0 Å². The average Bonchev–Trinajstić information content (AvgIpc) is 3.27. The van der Waals surface area contributed by atoms with E-state index in [2.05, 4.69) is 25.2 Å². The molecule has 2 aliphatic rings. The zero-order valence-corrected chi connectivity index (χ0v) is 14.3. The van der Waals surface area contributed by atoms with Crippen molar-refractivity contribution in [2.24, 2.45) is 0 Å². The predicted octanol–water partition coefficient (Wildman–Crippen LogP) is 4.32. The minimum Gasteiger partial charge on any atom is -0.290 e. The van der Waals surface area contributed by atoms with Crippen molar-refractivity contribution in [1.82, 2.24) is 19.9 Å². The summed E-state index contributed by atoms with van der Waals surface area (Å²) < 4.78 is 0. The van der Waals surface area contributed by atoms with Crippen LogP contribution in [0.2, 0.25) is 0 Å². The highest BCUT2D eigenvalue weighted by Crippen LogP contribution is 2.34. The Morgan fingerprint density at radius 3 is 2.57 bits per heavy atom. The molecule has 2 aromatic heterocycles. The number of nitrogens with zero attached hydrogens (tertiary/aromatic N) is 4. The van der Waals surface area contributed by atoms with Gasteiger partial charge >= 0.3 is 0 Å². The van der Waals surface area contributed by atoms with E-state index in [0.29, 0.717) is 12.0 Å². The maximum absolute atomic E-state index is 4.68. The molecule has 0 aromatic carbocycles. The lowest BCUT2D eigenvalue weighted by atomic mass is 9.89. The summed E-state index contributed by atoms with van der Waals surface area (Å²) in [7, 11) is 0. The minimum atomic E-state index is 0.480. The lowest BCUT2D eigenvalue weighted by Gasteiger charge is -2.23. The summed E-state index contributed by atoms with van der Waals surface area (Å²) in [6.45, 7) is 2.09. The first-order chi connectivity index (χ1) is 11.4. The molecule has 23 heavy (non-hydrogen) atoms. The number of hydrogen-bond acceptors (Lipinski definition) is 5. The summed E-state index contributed by atoms with van der Waals surface area (Å²) in [5, 5.41) is 3.33. The third kappa shape index (κ3) is 3.45. The standard InChI is InChI=1S/C18H24N4S/c1-2-5-15(6-3-1)17-20-11-14(12-21-17)13-22-9-4-7-16(22)18-19-8-10-23-18/h8,10-12,15-16H,1-7,9,13H2. The molecule has 2 aromatic rings. The number of rotatable bonds is 4. The van der Waals surface area contributed by atoms with Crippen molar-refractivity contribution >= 4 is 11.3 Å². The maximum Gasteiger partial charge on any atom is 0.131 e. The van der Waals surface area contributed by atoms with Crippen molar-refractivity contribution < 1.29 is 0 Å². The van der Waals surface area contributed by atoms with Gasteiger partial charge in [0.05, 0.1) is 6.04 Å². The highest BCUT2D eigenvalue weighted by atomic mass is 32.1. The van der Waals surface area contributed by atoms with Gasteiger partial charge in [-0.1, -0.05) is 19.3 Å². The Hall–Kier alpha value is -1.33. The quantitative estimate of drug-likeness (QED) is 0.838. The monoisotopic (exact) mass is 328 g/mol. The van der Waals surface area contributed by atoms with Crippen LogP contribution in [0.4, 0.5) is 0 Å². The van der Waals surface area contributed by atoms with Crippen molar-refractivity contribution in [3.8, 4) is 0 Å². The Balaban J connectivity index is 1.42. The summed E-state index contributed by atoms with van der Waals surface area (Å²) in [5.74, 6) is 1.65.